The average Bonchev–Trinajstić information content (AvgIpc) is 3.35. The predicted octanol–water partition coefficient (Wildman–Crippen LogP) is 3.43. The van der Waals surface area contributed by atoms with E-state index in [9.17, 15) is 0 Å². The minimum absolute atomic E-state index is 0. The van der Waals surface area contributed by atoms with E-state index in [1.54, 1.807) is 13.2 Å². The van der Waals surface area contributed by atoms with Gasteiger partial charge in [-0.25, -0.2) is 0 Å². The number of nitrogens with one attached hydrogen (secondary N) is 2. The quantitative estimate of drug-likeness (QED) is 0.356. The molecule has 1 fully saturated rings. The maximum atomic E-state index is 5.28. The van der Waals surface area contributed by atoms with Gasteiger partial charge >= 0.3 is 0 Å². The molecular formula is C19H29IN6O. The van der Waals surface area contributed by atoms with Gasteiger partial charge in [-0.15, -0.1) is 24.0 Å². The van der Waals surface area contributed by atoms with Crippen molar-refractivity contribution in [3.63, 3.8) is 0 Å². The van der Waals surface area contributed by atoms with E-state index in [2.05, 4.69) is 37.7 Å². The highest BCUT2D eigenvalue weighted by molar-refractivity contribution is 14.0. The van der Waals surface area contributed by atoms with Crippen LogP contribution in [0.5, 0.6) is 0 Å². The lowest BCUT2D eigenvalue weighted by molar-refractivity contribution is 0.283. The summed E-state index contributed by atoms with van der Waals surface area (Å²) in [6.45, 7) is 3.97. The van der Waals surface area contributed by atoms with E-state index in [0.717, 1.165) is 12.5 Å². The van der Waals surface area contributed by atoms with Crippen LogP contribution >= 0.6 is 24.0 Å². The maximum Gasteiger partial charge on any atom is 0.276 e. The normalized spacial score (nSPS) is 16.0. The molecular weight excluding hydrogens is 455 g/mol. The zero-order valence-corrected chi connectivity index (χ0v) is 18.4. The van der Waals surface area contributed by atoms with E-state index in [1.165, 1.54) is 32.1 Å². The van der Waals surface area contributed by atoms with Crippen LogP contribution in [0.15, 0.2) is 33.9 Å². The first-order valence-corrected chi connectivity index (χ1v) is 9.43. The largest absolute Gasteiger partial charge is 0.356 e. The Hall–Kier alpha value is -1.71. The Morgan fingerprint density at radius 3 is 2.74 bits per heavy atom. The van der Waals surface area contributed by atoms with E-state index in [1.807, 2.05) is 18.2 Å². The van der Waals surface area contributed by atoms with Gasteiger partial charge in [0.1, 0.15) is 5.69 Å². The van der Waals surface area contributed by atoms with Gasteiger partial charge < -0.3 is 15.2 Å². The molecule has 2 heterocycles. The number of hydrogen-bond donors (Lipinski definition) is 2. The SMILES string of the molecule is CCC1(CNC(=NC)NCCc2noc(-c3ccccn3)n2)CCCC1.I. The molecule has 27 heavy (non-hydrogen) atoms. The number of nitrogens with zero attached hydrogens (tertiary/aromatic N) is 4. The third-order valence-electron chi connectivity index (χ3n) is 5.26. The highest BCUT2D eigenvalue weighted by Gasteiger charge is 2.31. The van der Waals surface area contributed by atoms with Gasteiger partial charge in [-0.1, -0.05) is 31.0 Å². The average molecular weight is 484 g/mol. The van der Waals surface area contributed by atoms with Gasteiger partial charge in [0.25, 0.3) is 5.89 Å². The first kappa shape index (κ1) is 21.6. The summed E-state index contributed by atoms with van der Waals surface area (Å²) in [6.07, 6.45) is 8.91. The van der Waals surface area contributed by atoms with E-state index in [-0.39, 0.29) is 24.0 Å². The highest BCUT2D eigenvalue weighted by atomic mass is 127. The van der Waals surface area contributed by atoms with Crippen LogP contribution < -0.4 is 10.6 Å². The number of halogens is 1. The Morgan fingerprint density at radius 2 is 2.07 bits per heavy atom. The second-order valence-electron chi connectivity index (χ2n) is 6.89. The van der Waals surface area contributed by atoms with Crippen LogP contribution in [0.2, 0.25) is 0 Å². The number of rotatable bonds is 7. The van der Waals surface area contributed by atoms with Crippen molar-refractivity contribution in [3.05, 3.63) is 30.2 Å². The fourth-order valence-corrected chi connectivity index (χ4v) is 3.51. The third kappa shape index (κ3) is 5.88. The Bertz CT molecular complexity index is 712. The fourth-order valence-electron chi connectivity index (χ4n) is 3.51. The number of aliphatic imine (C=N–C) groups is 1. The maximum absolute atomic E-state index is 5.28. The van der Waals surface area contributed by atoms with Gasteiger partial charge in [-0.3, -0.25) is 9.98 Å². The molecule has 148 valence electrons. The first-order chi connectivity index (χ1) is 12.7. The highest BCUT2D eigenvalue weighted by Crippen LogP contribution is 2.40. The van der Waals surface area contributed by atoms with Crippen molar-refractivity contribution in [1.82, 2.24) is 25.8 Å². The Balaban J connectivity index is 0.00000261. The van der Waals surface area contributed by atoms with Crippen LogP contribution in [0.3, 0.4) is 0 Å². The molecule has 0 bridgehead atoms. The third-order valence-corrected chi connectivity index (χ3v) is 5.26. The van der Waals surface area contributed by atoms with Crippen LogP contribution in [0.4, 0.5) is 0 Å². The summed E-state index contributed by atoms with van der Waals surface area (Å²) in [4.78, 5) is 12.9. The minimum Gasteiger partial charge on any atom is -0.356 e. The second-order valence-corrected chi connectivity index (χ2v) is 6.89. The van der Waals surface area contributed by atoms with E-state index in [0.29, 0.717) is 35.8 Å². The monoisotopic (exact) mass is 484 g/mol. The molecule has 0 radical (unpaired) electrons. The topological polar surface area (TPSA) is 88.2 Å². The summed E-state index contributed by atoms with van der Waals surface area (Å²) >= 11 is 0. The molecule has 0 spiro atoms. The Kier molecular flexibility index (Phi) is 8.46. The molecule has 0 aliphatic heterocycles. The van der Waals surface area contributed by atoms with Gasteiger partial charge in [0.15, 0.2) is 11.8 Å². The lowest BCUT2D eigenvalue weighted by Crippen LogP contribution is -2.43. The lowest BCUT2D eigenvalue weighted by Gasteiger charge is -2.28. The molecule has 2 N–H and O–H groups in total. The zero-order valence-electron chi connectivity index (χ0n) is 16.1. The van der Waals surface area contributed by atoms with Crippen molar-refractivity contribution in [3.8, 4) is 11.6 Å². The molecule has 1 aliphatic rings. The number of pyridine rings is 1. The van der Waals surface area contributed by atoms with E-state index >= 15 is 0 Å². The molecule has 3 rings (SSSR count). The molecule has 2 aromatic heterocycles. The zero-order chi connectivity index (χ0) is 18.2. The summed E-state index contributed by atoms with van der Waals surface area (Å²) < 4.78 is 5.28. The summed E-state index contributed by atoms with van der Waals surface area (Å²) in [7, 11) is 1.80. The lowest BCUT2D eigenvalue weighted by atomic mass is 9.83. The van der Waals surface area contributed by atoms with Crippen LogP contribution in [0.1, 0.15) is 44.9 Å². The number of hydrogen-bond acceptors (Lipinski definition) is 5. The standard InChI is InChI=1S/C19H28N6O.HI/c1-3-19(10-5-6-11-19)14-23-18(20-2)22-13-9-16-24-17(26-25-16)15-8-4-7-12-21-15;/h4,7-8,12H,3,5-6,9-11,13-14H2,1-2H3,(H2,20,22,23);1H. The van der Waals surface area contributed by atoms with Crippen LogP contribution in [0.25, 0.3) is 11.6 Å². The molecule has 0 saturated heterocycles. The fraction of sp³-hybridized carbons (Fsp3) is 0.579. The first-order valence-electron chi connectivity index (χ1n) is 9.43. The smallest absolute Gasteiger partial charge is 0.276 e. The molecule has 0 amide bonds. The Morgan fingerprint density at radius 1 is 1.26 bits per heavy atom. The van der Waals surface area contributed by atoms with Crippen molar-refractivity contribution in [2.75, 3.05) is 20.1 Å². The van der Waals surface area contributed by atoms with Gasteiger partial charge in [-0.2, -0.15) is 4.98 Å². The number of aromatic nitrogens is 3. The molecule has 0 atom stereocenters. The molecule has 7 nitrogen and oxygen atoms in total. The summed E-state index contributed by atoms with van der Waals surface area (Å²) in [5.74, 6) is 1.95. The van der Waals surface area contributed by atoms with Crippen molar-refractivity contribution < 1.29 is 4.52 Å². The molecule has 1 aliphatic carbocycles. The molecule has 8 heteroatoms. The van der Waals surface area contributed by atoms with Gasteiger partial charge in [-0.05, 0) is 36.8 Å². The van der Waals surface area contributed by atoms with Crippen LogP contribution in [-0.4, -0.2) is 41.2 Å². The van der Waals surface area contributed by atoms with Crippen molar-refractivity contribution in [2.45, 2.75) is 45.4 Å². The van der Waals surface area contributed by atoms with Gasteiger partial charge in [0.2, 0.25) is 0 Å². The van der Waals surface area contributed by atoms with E-state index in [4.69, 9.17) is 4.52 Å². The Labute approximate surface area is 177 Å². The summed E-state index contributed by atoms with van der Waals surface area (Å²) in [5.41, 5.74) is 1.13. The molecule has 0 aromatic carbocycles. The van der Waals surface area contributed by atoms with E-state index < -0.39 is 0 Å². The second kappa shape index (κ2) is 10.6. The summed E-state index contributed by atoms with van der Waals surface area (Å²) in [5, 5.41) is 10.8. The predicted molar refractivity (Wildman–Crippen MR) is 117 cm³/mol. The molecule has 2 aromatic rings. The molecule has 0 unspecified atom stereocenters. The summed E-state index contributed by atoms with van der Waals surface area (Å²) in [6, 6.07) is 5.61. The minimum atomic E-state index is 0. The van der Waals surface area contributed by atoms with Crippen molar-refractivity contribution >= 4 is 29.9 Å². The van der Waals surface area contributed by atoms with Crippen LogP contribution in [-0.2, 0) is 6.42 Å². The van der Waals surface area contributed by atoms with Crippen molar-refractivity contribution in [2.24, 2.45) is 10.4 Å². The van der Waals surface area contributed by atoms with Crippen molar-refractivity contribution in [1.29, 1.82) is 0 Å². The molecule has 1 saturated carbocycles. The van der Waals surface area contributed by atoms with Crippen LogP contribution in [0, 0.1) is 5.41 Å². The number of guanidine groups is 1. The van der Waals surface area contributed by atoms with Gasteiger partial charge in [0.05, 0.1) is 0 Å². The van der Waals surface area contributed by atoms with Gasteiger partial charge in [0, 0.05) is 32.8 Å².